The number of nitrogens with zero attached hydrogens (tertiary/aromatic N) is 2. The first kappa shape index (κ1) is 14.6. The number of rotatable bonds is 6. The lowest BCUT2D eigenvalue weighted by Crippen LogP contribution is -2.49. The number of imidazole rings is 1. The van der Waals surface area contributed by atoms with Crippen molar-refractivity contribution in [1.29, 1.82) is 0 Å². The fourth-order valence-electron chi connectivity index (χ4n) is 1.49. The molecule has 1 heterocycles. The lowest BCUT2D eigenvalue weighted by atomic mass is 10.1. The van der Waals surface area contributed by atoms with Crippen molar-refractivity contribution in [3.63, 3.8) is 0 Å². The molecule has 3 N–H and O–H groups in total. The van der Waals surface area contributed by atoms with E-state index in [9.17, 15) is 9.59 Å². The van der Waals surface area contributed by atoms with E-state index in [0.29, 0.717) is 12.2 Å². The number of amides is 2. The van der Waals surface area contributed by atoms with Gasteiger partial charge in [-0.25, -0.2) is 14.6 Å². The van der Waals surface area contributed by atoms with E-state index in [1.54, 1.807) is 6.92 Å². The molecule has 1 atom stereocenters. The van der Waals surface area contributed by atoms with Crippen molar-refractivity contribution in [3.8, 4) is 12.3 Å². The number of carboxylic acids is 1. The van der Waals surface area contributed by atoms with Crippen molar-refractivity contribution >= 4 is 12.0 Å². The third-order valence-corrected chi connectivity index (χ3v) is 2.53. The summed E-state index contributed by atoms with van der Waals surface area (Å²) in [4.78, 5) is 30.9. The number of carboxylic acid groups (broad SMARTS) is 1. The van der Waals surface area contributed by atoms with Gasteiger partial charge in [-0.15, -0.1) is 6.42 Å². The summed E-state index contributed by atoms with van der Waals surface area (Å²) in [6.45, 7) is 2.31. The van der Waals surface area contributed by atoms with Crippen LogP contribution in [0.4, 0.5) is 4.79 Å². The number of nitrogens with one attached hydrogen (secondary N) is 2. The Balaban J connectivity index is 2.65. The minimum atomic E-state index is -1.11. The molecule has 0 unspecified atom stereocenters. The number of aromatic nitrogens is 2. The Labute approximate surface area is 111 Å². The second-order valence-electron chi connectivity index (χ2n) is 3.84. The Hall–Kier alpha value is -2.49. The minimum Gasteiger partial charge on any atom is -0.480 e. The van der Waals surface area contributed by atoms with E-state index < -0.39 is 18.0 Å². The van der Waals surface area contributed by atoms with E-state index in [1.165, 1.54) is 17.4 Å². The minimum absolute atomic E-state index is 0.134. The van der Waals surface area contributed by atoms with Crippen LogP contribution in [0.15, 0.2) is 12.5 Å². The van der Waals surface area contributed by atoms with Crippen LogP contribution >= 0.6 is 0 Å². The zero-order chi connectivity index (χ0) is 14.3. The Morgan fingerprint density at radius 1 is 1.68 bits per heavy atom. The van der Waals surface area contributed by atoms with Gasteiger partial charge in [-0.2, -0.15) is 0 Å². The highest BCUT2D eigenvalue weighted by Gasteiger charge is 2.23. The van der Waals surface area contributed by atoms with E-state index in [2.05, 4.69) is 21.2 Å². The van der Waals surface area contributed by atoms with Gasteiger partial charge in [0.05, 0.1) is 12.9 Å². The Kier molecular flexibility index (Phi) is 5.41. The van der Waals surface area contributed by atoms with Crippen molar-refractivity contribution in [3.05, 3.63) is 18.2 Å². The first-order chi connectivity index (χ1) is 9.08. The molecular formula is C12H16N4O3. The van der Waals surface area contributed by atoms with E-state index >= 15 is 0 Å². The van der Waals surface area contributed by atoms with Crippen LogP contribution in [0.3, 0.4) is 0 Å². The normalized spacial score (nSPS) is 11.4. The van der Waals surface area contributed by atoms with Gasteiger partial charge >= 0.3 is 12.0 Å². The van der Waals surface area contributed by atoms with Gasteiger partial charge in [-0.05, 0) is 6.92 Å². The topological polar surface area (TPSA) is 98.3 Å². The zero-order valence-corrected chi connectivity index (χ0v) is 10.6. The van der Waals surface area contributed by atoms with Crippen LogP contribution < -0.4 is 5.32 Å². The molecule has 0 radical (unpaired) electrons. The molecule has 0 aliphatic rings. The summed E-state index contributed by atoms with van der Waals surface area (Å²) in [5.41, 5.74) is 0.632. The maximum absolute atomic E-state index is 11.8. The first-order valence-corrected chi connectivity index (χ1v) is 5.77. The van der Waals surface area contributed by atoms with Crippen LogP contribution in [0.5, 0.6) is 0 Å². The molecule has 0 aromatic carbocycles. The molecule has 1 aromatic rings. The standard InChI is InChI=1S/C12H16N4O3/c1-3-5-16(4-2)12(19)15-10(11(17)18)6-9-7-13-8-14-9/h1,7-8,10H,4-6H2,2H3,(H,13,14)(H,15,19)(H,17,18)/t10-/m1/s1. The smallest absolute Gasteiger partial charge is 0.326 e. The molecule has 0 fully saturated rings. The molecule has 1 aromatic heterocycles. The van der Waals surface area contributed by atoms with Gasteiger partial charge in [0.1, 0.15) is 6.04 Å². The summed E-state index contributed by atoms with van der Waals surface area (Å²) < 4.78 is 0. The number of terminal acetylenes is 1. The molecule has 102 valence electrons. The van der Waals surface area contributed by atoms with Crippen LogP contribution in [0.25, 0.3) is 0 Å². The number of carbonyl (C=O) groups is 2. The predicted molar refractivity (Wildman–Crippen MR) is 68.3 cm³/mol. The van der Waals surface area contributed by atoms with Gasteiger partial charge in [0.15, 0.2) is 0 Å². The molecule has 2 amide bonds. The van der Waals surface area contributed by atoms with E-state index in [-0.39, 0.29) is 13.0 Å². The summed E-state index contributed by atoms with van der Waals surface area (Å²) in [5, 5.41) is 11.5. The molecular weight excluding hydrogens is 248 g/mol. The second kappa shape index (κ2) is 7.06. The van der Waals surface area contributed by atoms with Gasteiger partial charge in [-0.3, -0.25) is 0 Å². The monoisotopic (exact) mass is 264 g/mol. The van der Waals surface area contributed by atoms with Crippen LogP contribution in [-0.4, -0.2) is 51.1 Å². The third-order valence-electron chi connectivity index (χ3n) is 2.53. The number of hydrogen-bond donors (Lipinski definition) is 3. The van der Waals surface area contributed by atoms with Gasteiger partial charge in [-0.1, -0.05) is 5.92 Å². The molecule has 0 spiro atoms. The Morgan fingerprint density at radius 3 is 2.89 bits per heavy atom. The molecule has 19 heavy (non-hydrogen) atoms. The predicted octanol–water partition coefficient (Wildman–Crippen LogP) is 0.0701. The molecule has 0 aliphatic carbocycles. The van der Waals surface area contributed by atoms with Crippen molar-refractivity contribution in [2.45, 2.75) is 19.4 Å². The van der Waals surface area contributed by atoms with Gasteiger partial charge < -0.3 is 20.3 Å². The summed E-state index contributed by atoms with van der Waals surface area (Å²) in [6.07, 6.45) is 8.24. The third kappa shape index (κ3) is 4.35. The maximum atomic E-state index is 11.8. The van der Waals surface area contributed by atoms with Gasteiger partial charge in [0.2, 0.25) is 0 Å². The summed E-state index contributed by atoms with van der Waals surface area (Å²) in [7, 11) is 0. The Morgan fingerprint density at radius 2 is 2.42 bits per heavy atom. The van der Waals surface area contributed by atoms with Crippen LogP contribution in [0.1, 0.15) is 12.6 Å². The van der Waals surface area contributed by atoms with Crippen LogP contribution in [0.2, 0.25) is 0 Å². The lowest BCUT2D eigenvalue weighted by molar-refractivity contribution is -0.139. The van der Waals surface area contributed by atoms with E-state index in [1.807, 2.05) is 0 Å². The molecule has 0 bridgehead atoms. The highest BCUT2D eigenvalue weighted by Crippen LogP contribution is 2.00. The SMILES string of the molecule is C#CCN(CC)C(=O)N[C@H](Cc1cnc[nH]1)C(=O)O. The highest BCUT2D eigenvalue weighted by atomic mass is 16.4. The molecule has 7 nitrogen and oxygen atoms in total. The average Bonchev–Trinajstić information content (AvgIpc) is 2.87. The summed E-state index contributed by atoms with van der Waals surface area (Å²) >= 11 is 0. The molecule has 0 saturated heterocycles. The number of aliphatic carboxylic acids is 1. The van der Waals surface area contributed by atoms with E-state index in [0.717, 1.165) is 0 Å². The molecule has 0 saturated carbocycles. The number of H-pyrrole nitrogens is 1. The van der Waals surface area contributed by atoms with E-state index in [4.69, 9.17) is 11.5 Å². The largest absolute Gasteiger partial charge is 0.480 e. The zero-order valence-electron chi connectivity index (χ0n) is 10.6. The highest BCUT2D eigenvalue weighted by molar-refractivity contribution is 5.82. The first-order valence-electron chi connectivity index (χ1n) is 5.77. The molecule has 7 heteroatoms. The maximum Gasteiger partial charge on any atom is 0.326 e. The lowest BCUT2D eigenvalue weighted by Gasteiger charge is -2.21. The fourth-order valence-corrected chi connectivity index (χ4v) is 1.49. The quantitative estimate of drug-likeness (QED) is 0.633. The summed E-state index contributed by atoms with van der Waals surface area (Å²) in [6, 6.07) is -1.52. The second-order valence-corrected chi connectivity index (χ2v) is 3.84. The summed E-state index contributed by atoms with van der Waals surface area (Å²) in [5.74, 6) is 1.24. The number of carbonyl (C=O) groups excluding carboxylic acids is 1. The average molecular weight is 264 g/mol. The van der Waals surface area contributed by atoms with Crippen molar-refractivity contribution in [1.82, 2.24) is 20.2 Å². The molecule has 0 aliphatic heterocycles. The van der Waals surface area contributed by atoms with Gasteiger partial charge in [0, 0.05) is 24.9 Å². The van der Waals surface area contributed by atoms with Crippen LogP contribution in [-0.2, 0) is 11.2 Å². The fraction of sp³-hybridized carbons (Fsp3) is 0.417. The number of aromatic amines is 1. The molecule has 1 rings (SSSR count). The van der Waals surface area contributed by atoms with Gasteiger partial charge in [0.25, 0.3) is 0 Å². The number of hydrogen-bond acceptors (Lipinski definition) is 3. The number of urea groups is 1. The van der Waals surface area contributed by atoms with Crippen molar-refractivity contribution in [2.75, 3.05) is 13.1 Å². The van der Waals surface area contributed by atoms with Crippen molar-refractivity contribution in [2.24, 2.45) is 0 Å². The van der Waals surface area contributed by atoms with Crippen LogP contribution in [0, 0.1) is 12.3 Å². The Bertz CT molecular complexity index is 464. The van der Waals surface area contributed by atoms with Crippen molar-refractivity contribution < 1.29 is 14.7 Å².